The van der Waals surface area contributed by atoms with Crippen molar-refractivity contribution in [2.45, 2.75) is 22.9 Å². The molecule has 0 amide bonds. The van der Waals surface area contributed by atoms with Crippen LogP contribution >= 0.6 is 0 Å². The molecule has 4 aromatic carbocycles. The largest absolute Gasteiger partial charge is 0.417 e. The topological polar surface area (TPSA) is 34.1 Å². The Morgan fingerprint density at radius 2 is 0.800 bits per heavy atom. The van der Waals surface area contributed by atoms with Gasteiger partial charge in [-0.3, -0.25) is 0 Å². The van der Waals surface area contributed by atoms with E-state index in [9.17, 15) is 52.3 Å². The van der Waals surface area contributed by atoms with Crippen LogP contribution in [0.5, 0.6) is 0 Å². The molecule has 45 heavy (non-hydrogen) atoms. The van der Waals surface area contributed by atoms with Crippen molar-refractivity contribution >= 4 is 22.0 Å². The molecule has 0 aliphatic heterocycles. The Morgan fingerprint density at radius 3 is 1.11 bits per heavy atom. The molecule has 13 heteroatoms. The zero-order valence-corrected chi connectivity index (χ0v) is 23.4. The standard InChI is InChI=1S/C32H20F10O2S/c33-23-9-3-21(4-10-23)29(15-7-19-1-13-25(35)17-27(19)31(37,38)39)45(43,44)30(22-5-11-24(34)12-6-22)16-8-20-2-14-26(36)18-28(20)32(40,41)42/h1-18,29-30H/b15-7+,16-8+. The van der Waals surface area contributed by atoms with Crippen molar-refractivity contribution in [3.8, 4) is 0 Å². The minimum absolute atomic E-state index is 0.137. The Morgan fingerprint density at radius 1 is 0.489 bits per heavy atom. The van der Waals surface area contributed by atoms with Gasteiger partial charge in [-0.2, -0.15) is 26.3 Å². The molecule has 236 valence electrons. The second-order valence-corrected chi connectivity index (χ2v) is 11.9. The first-order chi connectivity index (χ1) is 21.0. The number of hydrogen-bond acceptors (Lipinski definition) is 2. The normalized spacial score (nSPS) is 14.3. The lowest BCUT2D eigenvalue weighted by Crippen LogP contribution is -2.19. The number of sulfone groups is 1. The molecule has 0 aliphatic carbocycles. The van der Waals surface area contributed by atoms with Crippen LogP contribution in [-0.4, -0.2) is 8.42 Å². The highest BCUT2D eigenvalue weighted by molar-refractivity contribution is 7.92. The maximum atomic E-state index is 14.3. The summed E-state index contributed by atoms with van der Waals surface area (Å²) in [6.45, 7) is 0. The molecule has 0 bridgehead atoms. The Balaban J connectivity index is 1.91. The summed E-state index contributed by atoms with van der Waals surface area (Å²) in [5.41, 5.74) is -4.33. The molecule has 0 aromatic heterocycles. The summed E-state index contributed by atoms with van der Waals surface area (Å²) >= 11 is 0. The van der Waals surface area contributed by atoms with E-state index < -0.39 is 78.2 Å². The van der Waals surface area contributed by atoms with Gasteiger partial charge < -0.3 is 0 Å². The zero-order valence-electron chi connectivity index (χ0n) is 22.6. The first-order valence-electron chi connectivity index (χ1n) is 12.8. The summed E-state index contributed by atoms with van der Waals surface area (Å²) < 4.78 is 165. The summed E-state index contributed by atoms with van der Waals surface area (Å²) in [6, 6.07) is 11.2. The van der Waals surface area contributed by atoms with E-state index in [2.05, 4.69) is 0 Å². The van der Waals surface area contributed by atoms with Gasteiger partial charge in [0.05, 0.1) is 11.1 Å². The van der Waals surface area contributed by atoms with Gasteiger partial charge in [-0.25, -0.2) is 26.0 Å². The maximum Gasteiger partial charge on any atom is 0.417 e. The van der Waals surface area contributed by atoms with Crippen LogP contribution in [0.1, 0.15) is 43.9 Å². The van der Waals surface area contributed by atoms with Gasteiger partial charge in [0, 0.05) is 0 Å². The average Bonchev–Trinajstić information content (AvgIpc) is 2.95. The van der Waals surface area contributed by atoms with Gasteiger partial charge in [0.15, 0.2) is 9.84 Å². The van der Waals surface area contributed by atoms with E-state index in [-0.39, 0.29) is 23.3 Å². The fraction of sp³-hybridized carbons (Fsp3) is 0.125. The third-order valence-electron chi connectivity index (χ3n) is 6.65. The van der Waals surface area contributed by atoms with Gasteiger partial charge in [0.1, 0.15) is 33.8 Å². The Bertz CT molecular complexity index is 1700. The lowest BCUT2D eigenvalue weighted by atomic mass is 10.0. The number of benzene rings is 4. The van der Waals surface area contributed by atoms with Crippen LogP contribution in [0.15, 0.2) is 97.1 Å². The first kappa shape index (κ1) is 33.5. The molecule has 0 fully saturated rings. The number of alkyl halides is 6. The Labute approximate surface area is 250 Å². The van der Waals surface area contributed by atoms with E-state index in [4.69, 9.17) is 0 Å². The fourth-order valence-corrected chi connectivity index (χ4v) is 6.49. The van der Waals surface area contributed by atoms with Gasteiger partial charge in [-0.05, 0) is 70.8 Å². The van der Waals surface area contributed by atoms with Gasteiger partial charge >= 0.3 is 12.4 Å². The Kier molecular flexibility index (Phi) is 9.62. The molecule has 0 saturated carbocycles. The highest BCUT2D eigenvalue weighted by Crippen LogP contribution is 2.40. The number of halogens is 10. The van der Waals surface area contributed by atoms with Crippen molar-refractivity contribution in [3.05, 3.63) is 154 Å². The summed E-state index contributed by atoms with van der Waals surface area (Å²) in [5, 5.41) is -3.70. The maximum absolute atomic E-state index is 14.3. The molecular formula is C32H20F10O2S. The van der Waals surface area contributed by atoms with E-state index in [0.29, 0.717) is 0 Å². The summed E-state index contributed by atoms with van der Waals surface area (Å²) in [4.78, 5) is 0. The smallest absolute Gasteiger partial charge is 0.227 e. The fourth-order valence-electron chi connectivity index (χ4n) is 4.50. The molecule has 0 aliphatic rings. The second kappa shape index (κ2) is 12.9. The quantitative estimate of drug-likeness (QED) is 0.177. The molecular weight excluding hydrogens is 638 g/mol. The Hall–Kier alpha value is -4.39. The number of hydrogen-bond donors (Lipinski definition) is 0. The summed E-state index contributed by atoms with van der Waals surface area (Å²) in [6.07, 6.45) is -6.82. The minimum atomic E-state index is -5.03. The van der Waals surface area contributed by atoms with Gasteiger partial charge in [0.25, 0.3) is 0 Å². The molecule has 0 spiro atoms. The van der Waals surface area contributed by atoms with E-state index in [0.717, 1.165) is 97.1 Å². The van der Waals surface area contributed by atoms with Crippen LogP contribution in [0.3, 0.4) is 0 Å². The van der Waals surface area contributed by atoms with Gasteiger partial charge in [-0.15, -0.1) is 0 Å². The highest BCUT2D eigenvalue weighted by Gasteiger charge is 2.37. The predicted octanol–water partition coefficient (Wildman–Crippen LogP) is 9.90. The third kappa shape index (κ3) is 8.01. The monoisotopic (exact) mass is 658 g/mol. The van der Waals surface area contributed by atoms with E-state index in [1.54, 1.807) is 0 Å². The molecule has 0 radical (unpaired) electrons. The lowest BCUT2D eigenvalue weighted by Gasteiger charge is -2.22. The van der Waals surface area contributed by atoms with E-state index >= 15 is 0 Å². The van der Waals surface area contributed by atoms with Crippen LogP contribution in [0.4, 0.5) is 43.9 Å². The SMILES string of the molecule is O=S(=O)(C(/C=C/c1ccc(F)cc1C(F)(F)F)c1ccc(F)cc1)C(/C=C/c1ccc(F)cc1C(F)(F)F)c1ccc(F)cc1. The van der Waals surface area contributed by atoms with Crippen molar-refractivity contribution in [3.63, 3.8) is 0 Å². The van der Waals surface area contributed by atoms with Crippen LogP contribution in [0, 0.1) is 23.3 Å². The van der Waals surface area contributed by atoms with Crippen LogP contribution < -0.4 is 0 Å². The number of rotatable bonds is 8. The van der Waals surface area contributed by atoms with Gasteiger partial charge in [0.2, 0.25) is 0 Å². The third-order valence-corrected chi connectivity index (χ3v) is 8.92. The van der Waals surface area contributed by atoms with Crippen LogP contribution in [0.25, 0.3) is 12.2 Å². The van der Waals surface area contributed by atoms with Crippen LogP contribution in [-0.2, 0) is 22.2 Å². The van der Waals surface area contributed by atoms with Crippen molar-refractivity contribution in [2.75, 3.05) is 0 Å². The van der Waals surface area contributed by atoms with Crippen molar-refractivity contribution in [2.24, 2.45) is 0 Å². The second-order valence-electron chi connectivity index (χ2n) is 9.71. The molecule has 4 rings (SSSR count). The molecule has 2 unspecified atom stereocenters. The van der Waals surface area contributed by atoms with E-state index in [1.165, 1.54) is 0 Å². The van der Waals surface area contributed by atoms with E-state index in [1.807, 2.05) is 0 Å². The average molecular weight is 659 g/mol. The summed E-state index contributed by atoms with van der Waals surface area (Å²) in [5.74, 6) is -3.96. The van der Waals surface area contributed by atoms with Crippen LogP contribution in [0.2, 0.25) is 0 Å². The molecule has 0 N–H and O–H groups in total. The summed E-state index contributed by atoms with van der Waals surface area (Å²) in [7, 11) is -4.78. The highest BCUT2D eigenvalue weighted by atomic mass is 32.2. The molecule has 2 nitrogen and oxygen atoms in total. The first-order valence-corrected chi connectivity index (χ1v) is 14.4. The zero-order chi connectivity index (χ0) is 33.2. The van der Waals surface area contributed by atoms with Crippen molar-refractivity contribution in [1.82, 2.24) is 0 Å². The molecule has 0 heterocycles. The molecule has 4 aromatic rings. The van der Waals surface area contributed by atoms with Gasteiger partial charge in [-0.1, -0.05) is 60.7 Å². The van der Waals surface area contributed by atoms with Crippen molar-refractivity contribution < 1.29 is 52.3 Å². The lowest BCUT2D eigenvalue weighted by molar-refractivity contribution is -0.138. The molecule has 2 atom stereocenters. The predicted molar refractivity (Wildman–Crippen MR) is 148 cm³/mol. The molecule has 0 saturated heterocycles. The van der Waals surface area contributed by atoms with Crippen molar-refractivity contribution in [1.29, 1.82) is 0 Å². The minimum Gasteiger partial charge on any atom is -0.227 e.